The molecular formula is C13H19FN2O2S2. The minimum atomic E-state index is -3.78. The van der Waals surface area contributed by atoms with Crippen LogP contribution in [0.5, 0.6) is 0 Å². The van der Waals surface area contributed by atoms with Crippen molar-refractivity contribution in [1.82, 2.24) is 4.72 Å². The van der Waals surface area contributed by atoms with Crippen LogP contribution in [0.4, 0.5) is 10.1 Å². The van der Waals surface area contributed by atoms with Gasteiger partial charge in [0.15, 0.2) is 0 Å². The predicted molar refractivity (Wildman–Crippen MR) is 80.7 cm³/mol. The number of rotatable bonds is 5. The van der Waals surface area contributed by atoms with Gasteiger partial charge in [0.1, 0.15) is 10.7 Å². The van der Waals surface area contributed by atoms with Crippen LogP contribution in [0.25, 0.3) is 0 Å². The van der Waals surface area contributed by atoms with Gasteiger partial charge in [-0.15, -0.1) is 0 Å². The Balaban J connectivity index is 2.20. The van der Waals surface area contributed by atoms with Gasteiger partial charge in [0.05, 0.1) is 5.69 Å². The maximum absolute atomic E-state index is 13.2. The molecule has 0 heterocycles. The Morgan fingerprint density at radius 1 is 1.45 bits per heavy atom. The first-order valence-corrected chi connectivity index (χ1v) is 9.16. The SMILES string of the molecule is CCSC1CCCC1NS(=O)(=O)c1cc(F)ccc1N. The number of halogens is 1. The Kier molecular flexibility index (Phi) is 4.93. The first kappa shape index (κ1) is 15.6. The zero-order valence-corrected chi connectivity index (χ0v) is 12.9. The van der Waals surface area contributed by atoms with Crippen LogP contribution in [0.3, 0.4) is 0 Å². The molecule has 112 valence electrons. The molecule has 4 nitrogen and oxygen atoms in total. The van der Waals surface area contributed by atoms with E-state index in [0.29, 0.717) is 0 Å². The van der Waals surface area contributed by atoms with Crippen molar-refractivity contribution in [2.24, 2.45) is 0 Å². The summed E-state index contributed by atoms with van der Waals surface area (Å²) < 4.78 is 40.6. The highest BCUT2D eigenvalue weighted by Crippen LogP contribution is 2.31. The minimum Gasteiger partial charge on any atom is -0.398 e. The molecule has 2 rings (SSSR count). The summed E-state index contributed by atoms with van der Waals surface area (Å²) in [5, 5.41) is 0.282. The second-order valence-electron chi connectivity index (χ2n) is 4.83. The summed E-state index contributed by atoms with van der Waals surface area (Å²) in [6, 6.07) is 3.29. The summed E-state index contributed by atoms with van der Waals surface area (Å²) in [5.74, 6) is 0.343. The van der Waals surface area contributed by atoms with Crippen molar-refractivity contribution in [1.29, 1.82) is 0 Å². The lowest BCUT2D eigenvalue weighted by molar-refractivity contribution is 0.553. The molecular weight excluding hydrogens is 299 g/mol. The van der Waals surface area contributed by atoms with E-state index in [2.05, 4.69) is 11.6 Å². The van der Waals surface area contributed by atoms with Crippen molar-refractivity contribution in [3.63, 3.8) is 0 Å². The van der Waals surface area contributed by atoms with Crippen molar-refractivity contribution in [2.75, 3.05) is 11.5 Å². The molecule has 1 aromatic carbocycles. The number of benzene rings is 1. The second-order valence-corrected chi connectivity index (χ2v) is 8.03. The van der Waals surface area contributed by atoms with E-state index >= 15 is 0 Å². The van der Waals surface area contributed by atoms with Crippen LogP contribution in [0.1, 0.15) is 26.2 Å². The maximum Gasteiger partial charge on any atom is 0.243 e. The number of hydrogen-bond donors (Lipinski definition) is 2. The summed E-state index contributed by atoms with van der Waals surface area (Å²) >= 11 is 1.76. The zero-order valence-electron chi connectivity index (χ0n) is 11.3. The summed E-state index contributed by atoms with van der Waals surface area (Å²) in [4.78, 5) is -0.176. The van der Waals surface area contributed by atoms with Gasteiger partial charge in [-0.2, -0.15) is 11.8 Å². The fourth-order valence-electron chi connectivity index (χ4n) is 2.48. The fraction of sp³-hybridized carbons (Fsp3) is 0.538. The highest BCUT2D eigenvalue weighted by atomic mass is 32.2. The minimum absolute atomic E-state index is 0.0663. The Bertz CT molecular complexity index is 578. The van der Waals surface area contributed by atoms with Gasteiger partial charge in [-0.3, -0.25) is 0 Å². The lowest BCUT2D eigenvalue weighted by Crippen LogP contribution is -2.39. The van der Waals surface area contributed by atoms with Gasteiger partial charge in [0.25, 0.3) is 0 Å². The number of anilines is 1. The molecule has 2 atom stereocenters. The van der Waals surface area contributed by atoms with E-state index in [1.807, 2.05) is 0 Å². The van der Waals surface area contributed by atoms with Gasteiger partial charge in [-0.05, 0) is 36.8 Å². The van der Waals surface area contributed by atoms with Gasteiger partial charge in [-0.25, -0.2) is 17.5 Å². The molecule has 1 aliphatic carbocycles. The number of nitrogens with one attached hydrogen (secondary N) is 1. The van der Waals surface area contributed by atoms with Crippen molar-refractivity contribution in [2.45, 2.75) is 42.4 Å². The molecule has 3 N–H and O–H groups in total. The van der Waals surface area contributed by atoms with Gasteiger partial charge in [0, 0.05) is 11.3 Å². The molecule has 1 saturated carbocycles. The van der Waals surface area contributed by atoms with Crippen molar-refractivity contribution in [3.05, 3.63) is 24.0 Å². The van der Waals surface area contributed by atoms with Crippen LogP contribution in [0, 0.1) is 5.82 Å². The van der Waals surface area contributed by atoms with E-state index in [1.165, 1.54) is 6.07 Å². The second kappa shape index (κ2) is 6.32. The summed E-state index contributed by atoms with van der Waals surface area (Å²) in [6.07, 6.45) is 2.82. The van der Waals surface area contributed by atoms with Gasteiger partial charge in [-0.1, -0.05) is 13.3 Å². The Labute approximate surface area is 123 Å². The van der Waals surface area contributed by atoms with E-state index in [4.69, 9.17) is 5.73 Å². The molecule has 2 unspecified atom stereocenters. The van der Waals surface area contributed by atoms with Crippen LogP contribution in [-0.4, -0.2) is 25.5 Å². The van der Waals surface area contributed by atoms with E-state index < -0.39 is 15.8 Å². The Morgan fingerprint density at radius 2 is 2.20 bits per heavy atom. The normalized spacial score (nSPS) is 23.1. The van der Waals surface area contributed by atoms with E-state index in [9.17, 15) is 12.8 Å². The van der Waals surface area contributed by atoms with Crippen LogP contribution in [-0.2, 0) is 10.0 Å². The van der Waals surface area contributed by atoms with Crippen molar-refractivity contribution < 1.29 is 12.8 Å². The highest BCUT2D eigenvalue weighted by Gasteiger charge is 2.32. The lowest BCUT2D eigenvalue weighted by Gasteiger charge is -2.20. The standard InChI is InChI=1S/C13H19FN2O2S2/c1-2-19-12-5-3-4-11(12)16-20(17,18)13-8-9(14)6-7-10(13)15/h6-8,11-12,16H,2-5,15H2,1H3. The molecule has 1 fully saturated rings. The van der Waals surface area contributed by atoms with Gasteiger partial charge < -0.3 is 5.73 Å². The molecule has 0 bridgehead atoms. The third-order valence-electron chi connectivity index (χ3n) is 3.40. The van der Waals surface area contributed by atoms with Crippen LogP contribution in [0.15, 0.2) is 23.1 Å². The van der Waals surface area contributed by atoms with Crippen LogP contribution >= 0.6 is 11.8 Å². The topological polar surface area (TPSA) is 72.2 Å². The summed E-state index contributed by atoms with van der Waals surface area (Å²) in [5.41, 5.74) is 5.72. The maximum atomic E-state index is 13.2. The first-order valence-electron chi connectivity index (χ1n) is 6.63. The lowest BCUT2D eigenvalue weighted by atomic mass is 10.3. The third-order valence-corrected chi connectivity index (χ3v) is 6.28. The molecule has 0 saturated heterocycles. The molecule has 1 aliphatic rings. The molecule has 1 aromatic rings. The molecule has 7 heteroatoms. The van der Waals surface area contributed by atoms with Crippen LogP contribution in [0.2, 0.25) is 0 Å². The summed E-state index contributed by atoms with van der Waals surface area (Å²) in [6.45, 7) is 2.05. The molecule has 0 spiro atoms. The van der Waals surface area contributed by atoms with E-state index in [1.54, 1.807) is 11.8 Å². The smallest absolute Gasteiger partial charge is 0.243 e. The van der Waals surface area contributed by atoms with E-state index in [0.717, 1.165) is 37.1 Å². The highest BCUT2D eigenvalue weighted by molar-refractivity contribution is 8.00. The number of sulfonamides is 1. The Hall–Kier alpha value is -0.790. The first-order chi connectivity index (χ1) is 9.44. The molecule has 0 amide bonds. The van der Waals surface area contributed by atoms with Crippen molar-refractivity contribution in [3.8, 4) is 0 Å². The number of nitrogen functional groups attached to an aromatic ring is 1. The quantitative estimate of drug-likeness (QED) is 0.818. The Morgan fingerprint density at radius 3 is 2.90 bits per heavy atom. The molecule has 0 aromatic heterocycles. The average molecular weight is 318 g/mol. The van der Waals surface area contributed by atoms with Gasteiger partial charge >= 0.3 is 0 Å². The van der Waals surface area contributed by atoms with Gasteiger partial charge in [0.2, 0.25) is 10.0 Å². The third kappa shape index (κ3) is 3.45. The molecule has 0 aliphatic heterocycles. The zero-order chi connectivity index (χ0) is 14.8. The number of hydrogen-bond acceptors (Lipinski definition) is 4. The number of thioether (sulfide) groups is 1. The predicted octanol–water partition coefficient (Wildman–Crippen LogP) is 2.36. The fourth-order valence-corrected chi connectivity index (χ4v) is 5.22. The van der Waals surface area contributed by atoms with Crippen LogP contribution < -0.4 is 10.5 Å². The molecule has 0 radical (unpaired) electrons. The average Bonchev–Trinajstić information content (AvgIpc) is 2.79. The monoisotopic (exact) mass is 318 g/mol. The van der Waals surface area contributed by atoms with Crippen molar-refractivity contribution >= 4 is 27.5 Å². The molecule has 20 heavy (non-hydrogen) atoms. The van der Waals surface area contributed by atoms with E-state index in [-0.39, 0.29) is 21.9 Å². The number of nitrogens with two attached hydrogens (primary N) is 1. The summed E-state index contributed by atoms with van der Waals surface area (Å²) in [7, 11) is -3.78. The largest absolute Gasteiger partial charge is 0.398 e.